The first kappa shape index (κ1) is 26.1. The van der Waals surface area contributed by atoms with Crippen LogP contribution in [0.3, 0.4) is 0 Å². The third-order valence-corrected chi connectivity index (χ3v) is 5.87. The van der Waals surface area contributed by atoms with Gasteiger partial charge in [0.25, 0.3) is 6.43 Å². The van der Waals surface area contributed by atoms with Crippen molar-refractivity contribution >= 4 is 27.6 Å². The molecule has 9 nitrogen and oxygen atoms in total. The highest BCUT2D eigenvalue weighted by molar-refractivity contribution is 7.92. The van der Waals surface area contributed by atoms with E-state index in [-0.39, 0.29) is 34.4 Å². The normalized spacial score (nSPS) is 11.3. The Hall–Kier alpha value is -3.19. The molecule has 0 fully saturated rings. The van der Waals surface area contributed by atoms with Crippen LogP contribution in [-0.2, 0) is 25.2 Å². The first-order valence-electron chi connectivity index (χ1n) is 9.38. The van der Waals surface area contributed by atoms with Crippen LogP contribution in [0.4, 0.5) is 19.0 Å². The molecule has 0 amide bonds. The van der Waals surface area contributed by atoms with Crippen molar-refractivity contribution in [2.24, 2.45) is 0 Å². The average molecular weight is 489 g/mol. The summed E-state index contributed by atoms with van der Waals surface area (Å²) >= 11 is 0. The van der Waals surface area contributed by atoms with Crippen molar-refractivity contribution in [3.8, 4) is 5.75 Å². The molecule has 33 heavy (non-hydrogen) atoms. The van der Waals surface area contributed by atoms with Gasteiger partial charge in [-0.3, -0.25) is 0 Å². The Bertz CT molecular complexity index is 1100. The zero-order chi connectivity index (χ0) is 24.6. The fraction of sp³-hybridized carbons (Fsp3) is 0.350. The molecule has 0 aliphatic rings. The van der Waals surface area contributed by atoms with Gasteiger partial charge in [-0.05, 0) is 11.6 Å². The molecular weight excluding hydrogens is 467 g/mol. The lowest BCUT2D eigenvalue weighted by atomic mass is 10.1. The fourth-order valence-electron chi connectivity index (χ4n) is 2.85. The van der Waals surface area contributed by atoms with Gasteiger partial charge >= 0.3 is 5.97 Å². The maximum atomic E-state index is 14.3. The molecule has 0 N–H and O–H groups in total. The van der Waals surface area contributed by atoms with Crippen molar-refractivity contribution in [3.05, 3.63) is 54.0 Å². The number of rotatable bonds is 12. The number of benzene rings is 1. The SMILES string of the molecule is C=C(F)c1c(CS(=O)(=O)N(CC(F)F)c2nccnc2C(=O)OC)cccc1OCCOC. The summed E-state index contributed by atoms with van der Waals surface area (Å²) < 4.78 is 82.4. The summed E-state index contributed by atoms with van der Waals surface area (Å²) in [7, 11) is -2.18. The van der Waals surface area contributed by atoms with Crippen molar-refractivity contribution in [1.29, 1.82) is 0 Å². The van der Waals surface area contributed by atoms with Gasteiger partial charge < -0.3 is 14.2 Å². The van der Waals surface area contributed by atoms with E-state index in [0.29, 0.717) is 0 Å². The summed E-state index contributed by atoms with van der Waals surface area (Å²) in [5, 5.41) is 0. The predicted octanol–water partition coefficient (Wildman–Crippen LogP) is 2.83. The van der Waals surface area contributed by atoms with Crippen LogP contribution in [-0.4, -0.2) is 64.8 Å². The Kier molecular flexibility index (Phi) is 9.17. The molecule has 0 unspecified atom stereocenters. The number of alkyl halides is 2. The van der Waals surface area contributed by atoms with Crippen molar-refractivity contribution in [2.45, 2.75) is 12.2 Å². The third kappa shape index (κ3) is 6.65. The van der Waals surface area contributed by atoms with E-state index in [9.17, 15) is 26.4 Å². The third-order valence-electron chi connectivity index (χ3n) is 4.20. The highest BCUT2D eigenvalue weighted by Crippen LogP contribution is 2.32. The van der Waals surface area contributed by atoms with Crippen LogP contribution in [0.2, 0.25) is 0 Å². The number of hydrogen-bond donors (Lipinski definition) is 0. The van der Waals surface area contributed by atoms with Crippen LogP contribution < -0.4 is 9.04 Å². The number of anilines is 1. The van der Waals surface area contributed by atoms with Crippen molar-refractivity contribution in [1.82, 2.24) is 9.97 Å². The summed E-state index contributed by atoms with van der Waals surface area (Å²) in [5.41, 5.74) is -0.905. The van der Waals surface area contributed by atoms with Gasteiger partial charge in [0.1, 0.15) is 18.2 Å². The molecule has 1 heterocycles. The Morgan fingerprint density at radius 2 is 1.88 bits per heavy atom. The highest BCUT2D eigenvalue weighted by Gasteiger charge is 2.33. The number of halogens is 3. The van der Waals surface area contributed by atoms with Crippen LogP contribution in [0.25, 0.3) is 5.83 Å². The van der Waals surface area contributed by atoms with E-state index in [4.69, 9.17) is 9.47 Å². The number of carbonyl (C=O) groups is 1. The van der Waals surface area contributed by atoms with E-state index in [1.54, 1.807) is 0 Å². The zero-order valence-corrected chi connectivity index (χ0v) is 18.6. The maximum absolute atomic E-state index is 14.3. The lowest BCUT2D eigenvalue weighted by molar-refractivity contribution is 0.0594. The first-order chi connectivity index (χ1) is 15.6. The molecule has 0 spiro atoms. The largest absolute Gasteiger partial charge is 0.490 e. The molecule has 0 bridgehead atoms. The lowest BCUT2D eigenvalue weighted by Crippen LogP contribution is -2.38. The minimum Gasteiger partial charge on any atom is -0.490 e. The summed E-state index contributed by atoms with van der Waals surface area (Å²) in [6.07, 6.45) is -1.00. The Balaban J connectivity index is 2.54. The van der Waals surface area contributed by atoms with Gasteiger partial charge in [0.2, 0.25) is 10.0 Å². The average Bonchev–Trinajstić information content (AvgIpc) is 2.76. The zero-order valence-electron chi connectivity index (χ0n) is 17.8. The molecular formula is C20H22F3N3O6S. The quantitative estimate of drug-likeness (QED) is 0.331. The molecule has 1 aromatic heterocycles. The number of methoxy groups -OCH3 is 2. The molecule has 0 saturated carbocycles. The van der Waals surface area contributed by atoms with Gasteiger partial charge in [0.15, 0.2) is 11.5 Å². The second kappa shape index (κ2) is 11.6. The van der Waals surface area contributed by atoms with E-state index in [1.807, 2.05) is 0 Å². The number of nitrogens with zero attached hydrogens (tertiary/aromatic N) is 3. The first-order valence-corrected chi connectivity index (χ1v) is 11.0. The topological polar surface area (TPSA) is 108 Å². The minimum absolute atomic E-state index is 0.00223. The molecule has 0 aliphatic heterocycles. The summed E-state index contributed by atoms with van der Waals surface area (Å²) in [5.74, 6) is -3.61. The van der Waals surface area contributed by atoms with Gasteiger partial charge in [0.05, 0.1) is 31.6 Å². The molecule has 0 atom stereocenters. The van der Waals surface area contributed by atoms with Gasteiger partial charge in [-0.25, -0.2) is 40.7 Å². The number of sulfonamides is 1. The van der Waals surface area contributed by atoms with Gasteiger partial charge in [-0.2, -0.15) is 0 Å². The van der Waals surface area contributed by atoms with E-state index in [0.717, 1.165) is 19.5 Å². The van der Waals surface area contributed by atoms with Crippen molar-refractivity contribution in [2.75, 3.05) is 38.3 Å². The number of hydrogen-bond acceptors (Lipinski definition) is 8. The highest BCUT2D eigenvalue weighted by atomic mass is 32.2. The van der Waals surface area contributed by atoms with Crippen molar-refractivity contribution in [3.63, 3.8) is 0 Å². The molecule has 0 saturated heterocycles. The molecule has 13 heteroatoms. The van der Waals surface area contributed by atoms with Crippen LogP contribution in [0.15, 0.2) is 37.2 Å². The van der Waals surface area contributed by atoms with Crippen LogP contribution in [0, 0.1) is 0 Å². The van der Waals surface area contributed by atoms with E-state index in [2.05, 4.69) is 21.3 Å². The lowest BCUT2D eigenvalue weighted by Gasteiger charge is -2.24. The summed E-state index contributed by atoms with van der Waals surface area (Å²) in [6.45, 7) is 2.13. The standard InChI is InChI=1S/C20H22F3N3O6S/c1-13(21)17-14(5-4-6-15(17)32-10-9-30-2)12-33(28,29)26(11-16(22)23)19-18(20(27)31-3)24-7-8-25-19/h4-8,16H,1,9-12H2,2-3H3. The Morgan fingerprint density at radius 3 is 2.48 bits per heavy atom. The van der Waals surface area contributed by atoms with Crippen LogP contribution in [0.1, 0.15) is 21.6 Å². The molecule has 1 aromatic carbocycles. The number of ether oxygens (including phenoxy) is 3. The Labute approximate surface area is 188 Å². The van der Waals surface area contributed by atoms with E-state index >= 15 is 0 Å². The number of aromatic nitrogens is 2. The molecule has 180 valence electrons. The smallest absolute Gasteiger partial charge is 0.360 e. The fourth-order valence-corrected chi connectivity index (χ4v) is 4.37. The molecule has 0 aliphatic carbocycles. The second-order valence-electron chi connectivity index (χ2n) is 6.43. The number of esters is 1. The van der Waals surface area contributed by atoms with Crippen LogP contribution in [0.5, 0.6) is 5.75 Å². The molecule has 0 radical (unpaired) electrons. The summed E-state index contributed by atoms with van der Waals surface area (Å²) in [4.78, 5) is 19.5. The minimum atomic E-state index is -4.63. The molecule has 2 aromatic rings. The van der Waals surface area contributed by atoms with E-state index in [1.165, 1.54) is 25.3 Å². The van der Waals surface area contributed by atoms with Gasteiger partial charge in [-0.15, -0.1) is 0 Å². The summed E-state index contributed by atoms with van der Waals surface area (Å²) in [6, 6.07) is 4.11. The number of carbonyl (C=O) groups excluding carboxylic acids is 1. The second-order valence-corrected chi connectivity index (χ2v) is 8.33. The van der Waals surface area contributed by atoms with Gasteiger partial charge in [-0.1, -0.05) is 18.7 Å². The maximum Gasteiger partial charge on any atom is 0.360 e. The predicted molar refractivity (Wildman–Crippen MR) is 113 cm³/mol. The van der Waals surface area contributed by atoms with Crippen molar-refractivity contribution < 1.29 is 40.6 Å². The van der Waals surface area contributed by atoms with E-state index < -0.39 is 52.1 Å². The Morgan fingerprint density at radius 1 is 1.18 bits per heavy atom. The molecule has 2 rings (SSSR count). The monoisotopic (exact) mass is 489 g/mol. The van der Waals surface area contributed by atoms with Gasteiger partial charge in [0, 0.05) is 19.5 Å². The van der Waals surface area contributed by atoms with Crippen LogP contribution >= 0.6 is 0 Å².